The smallest absolute Gasteiger partial charge is 0.398 e. The van der Waals surface area contributed by atoms with Crippen molar-refractivity contribution in [1.29, 1.82) is 0 Å². The number of benzene rings is 1. The van der Waals surface area contributed by atoms with Crippen LogP contribution in [0.4, 0.5) is 18.9 Å². The molecule has 0 spiro atoms. The van der Waals surface area contributed by atoms with Crippen LogP contribution in [0.1, 0.15) is 25.8 Å². The summed E-state index contributed by atoms with van der Waals surface area (Å²) in [5.74, 6) is 0. The summed E-state index contributed by atoms with van der Waals surface area (Å²) in [5, 5.41) is 0. The number of para-hydroxylation sites is 1. The van der Waals surface area contributed by atoms with Crippen LogP contribution in [0.2, 0.25) is 0 Å². The third-order valence-corrected chi connectivity index (χ3v) is 2.89. The van der Waals surface area contributed by atoms with Crippen molar-refractivity contribution in [2.75, 3.05) is 5.73 Å². The summed E-state index contributed by atoms with van der Waals surface area (Å²) in [5.41, 5.74) is 4.06. The normalized spacial score (nSPS) is 16.1. The van der Waals surface area contributed by atoms with Crippen molar-refractivity contribution in [1.82, 2.24) is 0 Å². The summed E-state index contributed by atoms with van der Waals surface area (Å²) in [7, 11) is 0. The van der Waals surface area contributed by atoms with E-state index in [4.69, 9.17) is 5.73 Å². The number of halogens is 3. The first kappa shape index (κ1) is 11.9. The SMILES string of the molecule is CCC(C)(c1ccccc1N)C(F)(F)F. The molecule has 0 aliphatic carbocycles. The highest BCUT2D eigenvalue weighted by atomic mass is 19.4. The highest BCUT2D eigenvalue weighted by Gasteiger charge is 2.51. The van der Waals surface area contributed by atoms with Gasteiger partial charge in [0.1, 0.15) is 0 Å². The molecule has 0 amide bonds. The molecule has 1 rings (SSSR count). The standard InChI is InChI=1S/C11H14F3N/c1-3-10(2,11(12,13)14)8-6-4-5-7-9(8)15/h4-7H,3,15H2,1-2H3. The van der Waals surface area contributed by atoms with Crippen LogP contribution in [-0.4, -0.2) is 6.18 Å². The Morgan fingerprint density at radius 1 is 1.20 bits per heavy atom. The Bertz CT molecular complexity index is 346. The van der Waals surface area contributed by atoms with Gasteiger partial charge in [0, 0.05) is 5.69 Å². The van der Waals surface area contributed by atoms with Crippen molar-refractivity contribution >= 4 is 5.69 Å². The first-order chi connectivity index (χ1) is 6.83. The van der Waals surface area contributed by atoms with Crippen molar-refractivity contribution in [3.05, 3.63) is 29.8 Å². The van der Waals surface area contributed by atoms with E-state index in [1.807, 2.05) is 0 Å². The third-order valence-electron chi connectivity index (χ3n) is 2.89. The second-order valence-corrected chi connectivity index (χ2v) is 3.77. The maximum atomic E-state index is 12.9. The minimum absolute atomic E-state index is 0.0231. The highest BCUT2D eigenvalue weighted by Crippen LogP contribution is 2.45. The molecule has 0 radical (unpaired) electrons. The monoisotopic (exact) mass is 217 g/mol. The Kier molecular flexibility index (Phi) is 2.98. The minimum Gasteiger partial charge on any atom is -0.398 e. The molecule has 0 aromatic heterocycles. The van der Waals surface area contributed by atoms with Gasteiger partial charge in [-0.25, -0.2) is 0 Å². The van der Waals surface area contributed by atoms with Crippen molar-refractivity contribution in [3.63, 3.8) is 0 Å². The average molecular weight is 217 g/mol. The summed E-state index contributed by atoms with van der Waals surface area (Å²) in [6, 6.07) is 6.14. The van der Waals surface area contributed by atoms with Crippen LogP contribution in [0.25, 0.3) is 0 Å². The van der Waals surface area contributed by atoms with Crippen LogP contribution in [0.15, 0.2) is 24.3 Å². The molecule has 0 heterocycles. The number of nitrogen functional groups attached to an aromatic ring is 1. The summed E-state index contributed by atoms with van der Waals surface area (Å²) in [4.78, 5) is 0. The van der Waals surface area contributed by atoms with E-state index in [0.717, 1.165) is 0 Å². The molecule has 1 nitrogen and oxygen atoms in total. The Morgan fingerprint density at radius 3 is 2.13 bits per heavy atom. The van der Waals surface area contributed by atoms with Crippen LogP contribution >= 0.6 is 0 Å². The lowest BCUT2D eigenvalue weighted by Gasteiger charge is -2.32. The maximum absolute atomic E-state index is 12.9. The quantitative estimate of drug-likeness (QED) is 0.754. The lowest BCUT2D eigenvalue weighted by atomic mass is 9.78. The van der Waals surface area contributed by atoms with Gasteiger partial charge in [-0.3, -0.25) is 0 Å². The van der Waals surface area contributed by atoms with Gasteiger partial charge in [0.2, 0.25) is 0 Å². The van der Waals surface area contributed by atoms with Gasteiger partial charge < -0.3 is 5.73 Å². The first-order valence-electron chi connectivity index (χ1n) is 4.74. The van der Waals surface area contributed by atoms with Gasteiger partial charge in [0.05, 0.1) is 5.41 Å². The minimum atomic E-state index is -4.28. The second-order valence-electron chi connectivity index (χ2n) is 3.77. The zero-order valence-corrected chi connectivity index (χ0v) is 8.73. The van der Waals surface area contributed by atoms with E-state index in [0.29, 0.717) is 0 Å². The zero-order valence-electron chi connectivity index (χ0n) is 8.73. The molecule has 1 unspecified atom stereocenters. The topological polar surface area (TPSA) is 26.0 Å². The molecule has 1 aromatic rings. The highest BCUT2D eigenvalue weighted by molar-refractivity contribution is 5.51. The average Bonchev–Trinajstić information content (AvgIpc) is 2.15. The van der Waals surface area contributed by atoms with Crippen molar-refractivity contribution in [2.45, 2.75) is 31.9 Å². The molecule has 1 aromatic carbocycles. The number of anilines is 1. The summed E-state index contributed by atoms with van der Waals surface area (Å²) >= 11 is 0. The molecule has 4 heteroatoms. The number of alkyl halides is 3. The van der Waals surface area contributed by atoms with Gasteiger partial charge in [-0.15, -0.1) is 0 Å². The Labute approximate surface area is 87.1 Å². The van der Waals surface area contributed by atoms with Crippen molar-refractivity contribution in [3.8, 4) is 0 Å². The van der Waals surface area contributed by atoms with E-state index in [1.54, 1.807) is 12.1 Å². The Morgan fingerprint density at radius 2 is 1.73 bits per heavy atom. The van der Waals surface area contributed by atoms with Crippen LogP contribution < -0.4 is 5.73 Å². The van der Waals surface area contributed by atoms with Crippen LogP contribution in [0.3, 0.4) is 0 Å². The predicted octanol–water partition coefficient (Wildman–Crippen LogP) is 3.50. The van der Waals surface area contributed by atoms with E-state index in [1.165, 1.54) is 26.0 Å². The predicted molar refractivity (Wildman–Crippen MR) is 54.6 cm³/mol. The van der Waals surface area contributed by atoms with Gasteiger partial charge >= 0.3 is 6.18 Å². The maximum Gasteiger partial charge on any atom is 0.398 e. The molecule has 15 heavy (non-hydrogen) atoms. The van der Waals surface area contributed by atoms with Gasteiger partial charge in [0.15, 0.2) is 0 Å². The molecule has 1 atom stereocenters. The number of rotatable bonds is 2. The van der Waals surface area contributed by atoms with Crippen molar-refractivity contribution in [2.24, 2.45) is 0 Å². The number of hydrogen-bond donors (Lipinski definition) is 1. The van der Waals surface area contributed by atoms with Gasteiger partial charge in [-0.2, -0.15) is 13.2 Å². The zero-order chi connectivity index (χ0) is 11.7. The molecule has 2 N–H and O–H groups in total. The second kappa shape index (κ2) is 3.76. The van der Waals surface area contributed by atoms with Gasteiger partial charge in [-0.05, 0) is 25.0 Å². The molecule has 0 saturated heterocycles. The summed E-state index contributed by atoms with van der Waals surface area (Å²) < 4.78 is 38.7. The van der Waals surface area contributed by atoms with E-state index < -0.39 is 11.6 Å². The van der Waals surface area contributed by atoms with E-state index in [2.05, 4.69) is 0 Å². The van der Waals surface area contributed by atoms with Crippen LogP contribution in [0, 0.1) is 0 Å². The van der Waals surface area contributed by atoms with E-state index in [9.17, 15) is 13.2 Å². The Hall–Kier alpha value is -1.19. The fraction of sp³-hybridized carbons (Fsp3) is 0.455. The molecule has 0 bridgehead atoms. The molecule has 0 fully saturated rings. The van der Waals surface area contributed by atoms with Crippen LogP contribution in [-0.2, 0) is 5.41 Å². The third kappa shape index (κ3) is 1.94. The fourth-order valence-electron chi connectivity index (χ4n) is 1.54. The molecular formula is C11H14F3N. The first-order valence-corrected chi connectivity index (χ1v) is 4.74. The van der Waals surface area contributed by atoms with E-state index in [-0.39, 0.29) is 17.7 Å². The summed E-state index contributed by atoms with van der Waals surface area (Å²) in [6.45, 7) is 2.69. The Balaban J connectivity index is 3.30. The van der Waals surface area contributed by atoms with Gasteiger partial charge in [-0.1, -0.05) is 25.1 Å². The lowest BCUT2D eigenvalue weighted by Crippen LogP contribution is -2.39. The lowest BCUT2D eigenvalue weighted by molar-refractivity contribution is -0.186. The molecule has 0 aliphatic rings. The molecule has 0 aliphatic heterocycles. The molecular weight excluding hydrogens is 203 g/mol. The summed E-state index contributed by atoms with van der Waals surface area (Å²) in [6.07, 6.45) is -4.30. The van der Waals surface area contributed by atoms with Crippen LogP contribution in [0.5, 0.6) is 0 Å². The fourth-order valence-corrected chi connectivity index (χ4v) is 1.54. The van der Waals surface area contributed by atoms with Crippen molar-refractivity contribution < 1.29 is 13.2 Å². The largest absolute Gasteiger partial charge is 0.398 e. The number of nitrogens with two attached hydrogens (primary N) is 1. The number of hydrogen-bond acceptors (Lipinski definition) is 1. The molecule has 0 saturated carbocycles. The van der Waals surface area contributed by atoms with E-state index >= 15 is 0 Å². The van der Waals surface area contributed by atoms with Gasteiger partial charge in [0.25, 0.3) is 0 Å². The molecule has 84 valence electrons.